The number of carbonyl (C=O) groups excluding carboxylic acids is 1. The number of nitrogens with one attached hydrogen (secondary N) is 1. The van der Waals surface area contributed by atoms with Gasteiger partial charge < -0.3 is 10.2 Å². The number of nitrogens with zero attached hydrogens (tertiary/aromatic N) is 5. The zero-order chi connectivity index (χ0) is 27.6. The van der Waals surface area contributed by atoms with Gasteiger partial charge in [-0.25, -0.2) is 17.4 Å². The highest BCUT2D eigenvalue weighted by Gasteiger charge is 2.52. The molecule has 7 rings (SSSR count). The van der Waals surface area contributed by atoms with Gasteiger partial charge in [-0.2, -0.15) is 5.10 Å². The highest BCUT2D eigenvalue weighted by molar-refractivity contribution is 7.90. The molecule has 2 aromatic carbocycles. The van der Waals surface area contributed by atoms with Crippen LogP contribution >= 0.6 is 0 Å². The Kier molecular flexibility index (Phi) is 5.48. The molecule has 0 atom stereocenters. The van der Waals surface area contributed by atoms with Crippen molar-refractivity contribution in [2.75, 3.05) is 25.0 Å². The molecule has 1 spiro atoms. The summed E-state index contributed by atoms with van der Waals surface area (Å²) in [5.74, 6) is 0.0268. The maximum Gasteiger partial charge on any atom is 0.269 e. The number of fused-ring (bicyclic) bond motifs is 4. The summed E-state index contributed by atoms with van der Waals surface area (Å²) in [4.78, 5) is 20.6. The molecule has 2 aliphatic heterocycles. The van der Waals surface area contributed by atoms with Crippen molar-refractivity contribution in [1.82, 2.24) is 24.1 Å². The molecular weight excluding hydrogens is 524 g/mol. The number of piperidine rings is 1. The predicted molar refractivity (Wildman–Crippen MR) is 154 cm³/mol. The van der Waals surface area contributed by atoms with E-state index < -0.39 is 15.4 Å². The number of amides is 1. The van der Waals surface area contributed by atoms with Crippen LogP contribution in [0.4, 0.5) is 5.69 Å². The number of carbonyl (C=O) groups is 1. The molecule has 9 nitrogen and oxygen atoms in total. The monoisotopic (exact) mass is 552 g/mol. The number of aryl methyl sites for hydroxylation is 1. The van der Waals surface area contributed by atoms with Crippen molar-refractivity contribution in [2.24, 2.45) is 7.05 Å². The highest BCUT2D eigenvalue weighted by Crippen LogP contribution is 2.54. The van der Waals surface area contributed by atoms with Crippen LogP contribution in [0.15, 0.2) is 84.1 Å². The number of anilines is 1. The van der Waals surface area contributed by atoms with Gasteiger partial charge in [-0.15, -0.1) is 0 Å². The first-order valence-electron chi connectivity index (χ1n) is 13.3. The number of hydrogen-bond donors (Lipinski definition) is 1. The van der Waals surface area contributed by atoms with Crippen LogP contribution in [0.25, 0.3) is 33.4 Å². The molecule has 1 saturated heterocycles. The minimum Gasteiger partial charge on any atom is -0.317 e. The van der Waals surface area contributed by atoms with Gasteiger partial charge in [-0.1, -0.05) is 48.5 Å². The Labute approximate surface area is 232 Å². The lowest BCUT2D eigenvalue weighted by Crippen LogP contribution is -2.46. The predicted octanol–water partition coefficient (Wildman–Crippen LogP) is 3.94. The van der Waals surface area contributed by atoms with Crippen LogP contribution in [0.1, 0.15) is 18.4 Å². The minimum atomic E-state index is -4.10. The SMILES string of the molecule is CN1C(=O)C2(CCNCC2)c2c1cnc1c2c(-c2ccccc2)c(-c2cnn(C)c2)n1S(=O)(=O)c1ccccc1. The first-order valence-corrected chi connectivity index (χ1v) is 14.7. The van der Waals surface area contributed by atoms with Crippen LogP contribution < -0.4 is 10.2 Å². The van der Waals surface area contributed by atoms with Gasteiger partial charge in [0.2, 0.25) is 5.91 Å². The van der Waals surface area contributed by atoms with Crippen LogP contribution in [0.3, 0.4) is 0 Å². The van der Waals surface area contributed by atoms with Crippen LogP contribution in [-0.4, -0.2) is 53.2 Å². The van der Waals surface area contributed by atoms with Gasteiger partial charge in [0, 0.05) is 42.4 Å². The summed E-state index contributed by atoms with van der Waals surface area (Å²) in [6, 6.07) is 18.2. The van der Waals surface area contributed by atoms with Crippen molar-refractivity contribution >= 4 is 32.7 Å². The molecule has 0 unspecified atom stereocenters. The Balaban J connectivity index is 1.71. The van der Waals surface area contributed by atoms with Crippen LogP contribution in [-0.2, 0) is 27.3 Å². The molecule has 5 heterocycles. The lowest BCUT2D eigenvalue weighted by molar-refractivity contribution is -0.123. The zero-order valence-corrected chi connectivity index (χ0v) is 23.0. The fourth-order valence-electron chi connectivity index (χ4n) is 6.42. The maximum absolute atomic E-state index is 14.5. The van der Waals surface area contributed by atoms with Gasteiger partial charge in [0.25, 0.3) is 10.0 Å². The lowest BCUT2D eigenvalue weighted by atomic mass is 9.72. The van der Waals surface area contributed by atoms with E-state index in [4.69, 9.17) is 4.98 Å². The first-order chi connectivity index (χ1) is 19.3. The van der Waals surface area contributed by atoms with Crippen LogP contribution in [0, 0.1) is 0 Å². The van der Waals surface area contributed by atoms with E-state index in [1.807, 2.05) is 36.5 Å². The molecule has 40 heavy (non-hydrogen) atoms. The van der Waals surface area contributed by atoms with E-state index in [1.54, 1.807) is 66.4 Å². The van der Waals surface area contributed by atoms with Gasteiger partial charge in [0.1, 0.15) is 0 Å². The van der Waals surface area contributed by atoms with Gasteiger partial charge in [0.15, 0.2) is 5.65 Å². The Morgan fingerprint density at radius 1 is 0.900 bits per heavy atom. The average molecular weight is 553 g/mol. The Morgan fingerprint density at radius 2 is 1.57 bits per heavy atom. The van der Waals surface area contributed by atoms with Crippen molar-refractivity contribution in [3.8, 4) is 22.4 Å². The normalized spacial score (nSPS) is 16.6. The highest BCUT2D eigenvalue weighted by atomic mass is 32.2. The smallest absolute Gasteiger partial charge is 0.269 e. The van der Waals surface area contributed by atoms with Crippen LogP contribution in [0.5, 0.6) is 0 Å². The molecule has 3 aromatic heterocycles. The second-order valence-electron chi connectivity index (χ2n) is 10.5. The van der Waals surface area contributed by atoms with E-state index >= 15 is 0 Å². The minimum absolute atomic E-state index is 0.0268. The number of rotatable bonds is 4. The van der Waals surface area contributed by atoms with E-state index in [0.29, 0.717) is 48.2 Å². The van der Waals surface area contributed by atoms with Crippen molar-refractivity contribution in [2.45, 2.75) is 23.2 Å². The third-order valence-corrected chi connectivity index (χ3v) is 9.96. The van der Waals surface area contributed by atoms with Crippen molar-refractivity contribution < 1.29 is 13.2 Å². The molecule has 1 N–H and O–H groups in total. The Morgan fingerprint density at radius 3 is 2.23 bits per heavy atom. The molecule has 5 aromatic rings. The molecule has 1 amide bonds. The fraction of sp³-hybridized carbons (Fsp3) is 0.233. The lowest BCUT2D eigenvalue weighted by Gasteiger charge is -2.33. The fourth-order valence-corrected chi connectivity index (χ4v) is 7.94. The topological polar surface area (TPSA) is 102 Å². The molecule has 2 aliphatic rings. The maximum atomic E-state index is 14.5. The number of pyridine rings is 1. The summed E-state index contributed by atoms with van der Waals surface area (Å²) >= 11 is 0. The summed E-state index contributed by atoms with van der Waals surface area (Å²) < 4.78 is 32.0. The zero-order valence-electron chi connectivity index (χ0n) is 22.2. The van der Waals surface area contributed by atoms with Crippen LogP contribution in [0.2, 0.25) is 0 Å². The molecule has 1 fully saturated rings. The Bertz CT molecular complexity index is 1890. The Hall–Kier alpha value is -4.28. The number of hydrogen-bond acceptors (Lipinski definition) is 6. The molecule has 10 heteroatoms. The van der Waals surface area contributed by atoms with Crippen molar-refractivity contribution in [1.29, 1.82) is 0 Å². The van der Waals surface area contributed by atoms with Crippen molar-refractivity contribution in [3.63, 3.8) is 0 Å². The van der Waals surface area contributed by atoms with E-state index in [9.17, 15) is 13.2 Å². The number of aromatic nitrogens is 4. The second kappa shape index (κ2) is 8.87. The van der Waals surface area contributed by atoms with E-state index in [-0.39, 0.29) is 10.8 Å². The van der Waals surface area contributed by atoms with Gasteiger partial charge in [0.05, 0.1) is 34.1 Å². The largest absolute Gasteiger partial charge is 0.317 e. The van der Waals surface area contributed by atoms with Gasteiger partial charge in [-0.3, -0.25) is 9.48 Å². The summed E-state index contributed by atoms with van der Waals surface area (Å²) in [5.41, 5.74) is 3.81. The quantitative estimate of drug-likeness (QED) is 0.363. The molecule has 0 saturated carbocycles. The van der Waals surface area contributed by atoms with E-state index in [0.717, 1.165) is 22.4 Å². The van der Waals surface area contributed by atoms with E-state index in [2.05, 4.69) is 10.4 Å². The molecule has 0 aliphatic carbocycles. The van der Waals surface area contributed by atoms with Gasteiger partial charge >= 0.3 is 0 Å². The average Bonchev–Trinajstić information content (AvgIpc) is 3.63. The summed E-state index contributed by atoms with van der Waals surface area (Å²) in [5, 5.41) is 8.48. The molecule has 202 valence electrons. The summed E-state index contributed by atoms with van der Waals surface area (Å²) in [7, 11) is -0.514. The standard InChI is InChI=1S/C30H28N6O3S/c1-34-19-21(17-33-34)27-24(20-9-5-3-6-10-20)25-26-23(35(2)29(37)30(26)13-15-31-16-14-30)18-32-28(25)36(27)40(38,39)22-11-7-4-8-12-22/h3-12,17-19,31H,13-16H2,1-2H3. The third kappa shape index (κ3) is 3.36. The molecule has 0 bridgehead atoms. The number of likely N-dealkylation sites (N-methyl/N-ethyl adjacent to an activating group) is 1. The summed E-state index contributed by atoms with van der Waals surface area (Å²) in [6.07, 6.45) is 6.39. The van der Waals surface area contributed by atoms with E-state index in [1.165, 1.54) is 3.97 Å². The molecular formula is C30H28N6O3S. The second-order valence-corrected chi connectivity index (χ2v) is 12.3. The van der Waals surface area contributed by atoms with Crippen molar-refractivity contribution in [3.05, 3.63) is 84.8 Å². The third-order valence-electron chi connectivity index (χ3n) is 8.25. The van der Waals surface area contributed by atoms with Gasteiger partial charge in [-0.05, 0) is 43.6 Å². The first kappa shape index (κ1) is 24.7. The molecule has 0 radical (unpaired) electrons. The number of benzene rings is 2. The summed E-state index contributed by atoms with van der Waals surface area (Å²) in [6.45, 7) is 1.39.